The van der Waals surface area contributed by atoms with E-state index in [1.807, 2.05) is 13.8 Å². The summed E-state index contributed by atoms with van der Waals surface area (Å²) in [6, 6.07) is 10.7. The molecule has 0 aromatic heterocycles. The van der Waals surface area contributed by atoms with Gasteiger partial charge in [0.1, 0.15) is 17.4 Å². The van der Waals surface area contributed by atoms with Gasteiger partial charge in [0.05, 0.1) is 24.9 Å². The van der Waals surface area contributed by atoms with Crippen LogP contribution in [-0.2, 0) is 4.74 Å². The van der Waals surface area contributed by atoms with Gasteiger partial charge in [-0.3, -0.25) is 4.90 Å². The molecule has 35 heavy (non-hydrogen) atoms. The maximum atomic E-state index is 14.2. The van der Waals surface area contributed by atoms with Crippen LogP contribution in [-0.4, -0.2) is 49.5 Å². The molecule has 3 nitrogen and oxygen atoms in total. The van der Waals surface area contributed by atoms with Crippen LogP contribution in [0.15, 0.2) is 42.5 Å². The summed E-state index contributed by atoms with van der Waals surface area (Å²) in [5.74, 6) is -0.520. The minimum atomic E-state index is -4.28. The van der Waals surface area contributed by atoms with Gasteiger partial charge in [-0.05, 0) is 82.0 Å². The molecule has 0 N–H and O–H groups in total. The lowest BCUT2D eigenvalue weighted by atomic mass is 9.76. The Labute approximate surface area is 203 Å². The first-order chi connectivity index (χ1) is 16.5. The van der Waals surface area contributed by atoms with E-state index in [0.29, 0.717) is 31.6 Å². The molecule has 2 fully saturated rings. The number of hydrogen-bond donors (Lipinski definition) is 0. The highest BCUT2D eigenvalue weighted by Crippen LogP contribution is 2.57. The van der Waals surface area contributed by atoms with Crippen molar-refractivity contribution >= 4 is 0 Å². The van der Waals surface area contributed by atoms with Crippen molar-refractivity contribution < 1.29 is 31.4 Å². The Balaban J connectivity index is 1.63. The fourth-order valence-corrected chi connectivity index (χ4v) is 5.99. The van der Waals surface area contributed by atoms with Gasteiger partial charge in [0.15, 0.2) is 0 Å². The van der Waals surface area contributed by atoms with E-state index >= 15 is 0 Å². The lowest BCUT2D eigenvalue weighted by molar-refractivity contribution is -0.144. The average molecular weight is 498 g/mol. The summed E-state index contributed by atoms with van der Waals surface area (Å²) in [5.41, 5.74) is 0.979. The Morgan fingerprint density at radius 2 is 1.77 bits per heavy atom. The fraction of sp³-hybridized carbons (Fsp3) is 0.556. The Hall–Kier alpha value is -2.19. The first-order valence-electron chi connectivity index (χ1n) is 12.1. The third-order valence-corrected chi connectivity index (χ3v) is 7.14. The number of nitrogens with zero attached hydrogens (tertiary/aromatic N) is 1. The summed E-state index contributed by atoms with van der Waals surface area (Å²) in [6.45, 7) is 3.43. The third kappa shape index (κ3) is 5.97. The fourth-order valence-electron chi connectivity index (χ4n) is 5.99. The van der Waals surface area contributed by atoms with Gasteiger partial charge in [-0.1, -0.05) is 12.1 Å². The van der Waals surface area contributed by atoms with Gasteiger partial charge in [-0.15, -0.1) is 0 Å². The van der Waals surface area contributed by atoms with E-state index in [-0.39, 0.29) is 42.0 Å². The van der Waals surface area contributed by atoms with Gasteiger partial charge >= 0.3 is 6.18 Å². The van der Waals surface area contributed by atoms with Crippen molar-refractivity contribution in [2.24, 2.45) is 5.92 Å². The topological polar surface area (TPSA) is 21.7 Å². The highest BCUT2D eigenvalue weighted by molar-refractivity contribution is 5.39. The normalized spacial score (nSPS) is 26.9. The number of ether oxygens (including phenoxy) is 2. The summed E-state index contributed by atoms with van der Waals surface area (Å²) in [7, 11) is 1.47. The van der Waals surface area contributed by atoms with Crippen molar-refractivity contribution in [3.63, 3.8) is 0 Å². The summed E-state index contributed by atoms with van der Waals surface area (Å²) >= 11 is 0. The Morgan fingerprint density at radius 1 is 1.09 bits per heavy atom. The molecule has 2 aromatic rings. The zero-order valence-electron chi connectivity index (χ0n) is 20.2. The minimum absolute atomic E-state index is 0.0810. The van der Waals surface area contributed by atoms with Crippen molar-refractivity contribution in [3.05, 3.63) is 65.2 Å². The van der Waals surface area contributed by atoms with E-state index in [0.717, 1.165) is 11.1 Å². The van der Waals surface area contributed by atoms with Crippen LogP contribution in [0.5, 0.6) is 5.75 Å². The predicted octanol–water partition coefficient (Wildman–Crippen LogP) is 6.68. The summed E-state index contributed by atoms with van der Waals surface area (Å²) in [6.07, 6.45) is -2.41. The van der Waals surface area contributed by atoms with Crippen LogP contribution >= 0.6 is 0 Å². The summed E-state index contributed by atoms with van der Waals surface area (Å²) in [4.78, 5) is 1.30. The van der Waals surface area contributed by atoms with Crippen LogP contribution < -0.4 is 4.74 Å². The van der Waals surface area contributed by atoms with E-state index in [4.69, 9.17) is 9.47 Å². The molecule has 0 radical (unpaired) electrons. The minimum Gasteiger partial charge on any atom is -0.491 e. The van der Waals surface area contributed by atoms with E-state index in [1.54, 1.807) is 18.2 Å². The lowest BCUT2D eigenvalue weighted by Gasteiger charge is -2.35. The molecule has 1 heterocycles. The number of halogens is 5. The maximum absolute atomic E-state index is 14.2. The second-order valence-electron chi connectivity index (χ2n) is 10.3. The van der Waals surface area contributed by atoms with Crippen molar-refractivity contribution in [1.82, 2.24) is 4.90 Å². The standard InChI is InChI=1S/C27H32F5NO2/c1-17(2)35-24-9-8-22(29)12-23(24)20-13-26(34-15-20)11-10-19(14-33(3)16-27(30,31)32)25(26)18-4-6-21(28)7-5-18/h4-9,12,17,19-20,25H,10-11,13-16H2,1-3H3/t19?,20-,25-,26-/m1/s1. The molecule has 1 aliphatic heterocycles. The van der Waals surface area contributed by atoms with Crippen LogP contribution in [0.3, 0.4) is 0 Å². The molecule has 1 spiro atoms. The summed E-state index contributed by atoms with van der Waals surface area (Å²) < 4.78 is 79.3. The van der Waals surface area contributed by atoms with Crippen molar-refractivity contribution in [1.29, 1.82) is 0 Å². The molecule has 2 aromatic carbocycles. The smallest absolute Gasteiger partial charge is 0.401 e. The van der Waals surface area contributed by atoms with Gasteiger partial charge in [0.2, 0.25) is 0 Å². The van der Waals surface area contributed by atoms with Crippen molar-refractivity contribution in [2.75, 3.05) is 26.7 Å². The average Bonchev–Trinajstić information content (AvgIpc) is 3.33. The third-order valence-electron chi connectivity index (χ3n) is 7.14. The molecule has 2 aliphatic rings. The van der Waals surface area contributed by atoms with E-state index in [2.05, 4.69) is 0 Å². The van der Waals surface area contributed by atoms with Gasteiger partial charge in [-0.25, -0.2) is 8.78 Å². The molecule has 1 saturated heterocycles. The number of rotatable bonds is 7. The van der Waals surface area contributed by atoms with Crippen LogP contribution in [0, 0.1) is 17.6 Å². The maximum Gasteiger partial charge on any atom is 0.401 e. The molecule has 1 saturated carbocycles. The zero-order valence-corrected chi connectivity index (χ0v) is 20.2. The number of benzene rings is 2. The van der Waals surface area contributed by atoms with Gasteiger partial charge in [-0.2, -0.15) is 13.2 Å². The quantitative estimate of drug-likeness (QED) is 0.398. The van der Waals surface area contributed by atoms with E-state index in [1.165, 1.54) is 36.2 Å². The van der Waals surface area contributed by atoms with Gasteiger partial charge < -0.3 is 9.47 Å². The molecule has 8 heteroatoms. The largest absolute Gasteiger partial charge is 0.491 e. The first kappa shape index (κ1) is 25.9. The second kappa shape index (κ2) is 10.1. The highest BCUT2D eigenvalue weighted by atomic mass is 19.4. The van der Waals surface area contributed by atoms with Crippen molar-refractivity contribution in [3.8, 4) is 5.75 Å². The Bertz CT molecular complexity index is 1010. The molecule has 192 valence electrons. The van der Waals surface area contributed by atoms with Crippen LogP contribution in [0.2, 0.25) is 0 Å². The van der Waals surface area contributed by atoms with E-state index in [9.17, 15) is 22.0 Å². The number of alkyl halides is 3. The molecular weight excluding hydrogens is 465 g/mol. The SMILES string of the molecule is CC(C)Oc1ccc(F)cc1[C@H]1CO[C@]2(CCC(CN(C)CC(F)(F)F)[C@H]2c2ccc(F)cc2)C1. The Morgan fingerprint density at radius 3 is 2.43 bits per heavy atom. The Kier molecular flexibility index (Phi) is 7.44. The molecule has 1 unspecified atom stereocenters. The molecule has 0 amide bonds. The van der Waals surface area contributed by atoms with Crippen LogP contribution in [0.4, 0.5) is 22.0 Å². The zero-order chi connectivity index (χ0) is 25.4. The van der Waals surface area contributed by atoms with E-state index < -0.39 is 18.3 Å². The molecule has 4 rings (SSSR count). The van der Waals surface area contributed by atoms with Crippen LogP contribution in [0.1, 0.15) is 56.1 Å². The molecule has 0 bridgehead atoms. The molecular formula is C27H32F5NO2. The predicted molar refractivity (Wildman–Crippen MR) is 124 cm³/mol. The van der Waals surface area contributed by atoms with Crippen LogP contribution in [0.25, 0.3) is 0 Å². The highest BCUT2D eigenvalue weighted by Gasteiger charge is 2.54. The van der Waals surface area contributed by atoms with Gasteiger partial charge in [0, 0.05) is 23.9 Å². The van der Waals surface area contributed by atoms with Crippen molar-refractivity contribution in [2.45, 2.75) is 62.8 Å². The first-order valence-corrected chi connectivity index (χ1v) is 12.1. The monoisotopic (exact) mass is 497 g/mol. The second-order valence-corrected chi connectivity index (χ2v) is 10.3. The number of hydrogen-bond acceptors (Lipinski definition) is 3. The molecule has 1 aliphatic carbocycles. The lowest BCUT2D eigenvalue weighted by Crippen LogP contribution is -2.39. The van der Waals surface area contributed by atoms with Gasteiger partial charge in [0.25, 0.3) is 0 Å². The molecule has 4 atom stereocenters. The summed E-state index contributed by atoms with van der Waals surface area (Å²) in [5, 5.41) is 0.